The number of phenols is 1. The van der Waals surface area contributed by atoms with Crippen molar-refractivity contribution in [2.24, 2.45) is 0 Å². The standard InChI is InChI=1S/C18H20O5.2Na.2H/c1-20-15-8-7-12(9-14(15)19)5-6-13-10-16(21-2)18(23-4)17(11-13)22-3;;;;/h5-11,19H,1-4H3;;;;/q;2*+1;2*-1/b6-5-;;;;. The van der Waals surface area contributed by atoms with Gasteiger partial charge in [-0.25, -0.2) is 0 Å². The summed E-state index contributed by atoms with van der Waals surface area (Å²) in [6, 6.07) is 8.90. The first-order valence-corrected chi connectivity index (χ1v) is 6.98. The van der Waals surface area contributed by atoms with Gasteiger partial charge < -0.3 is 26.9 Å². The van der Waals surface area contributed by atoms with Crippen molar-refractivity contribution in [1.29, 1.82) is 0 Å². The quantitative estimate of drug-likeness (QED) is 0.467. The Hall–Kier alpha value is -0.820. The van der Waals surface area contributed by atoms with E-state index < -0.39 is 0 Å². The van der Waals surface area contributed by atoms with Gasteiger partial charge in [-0.2, -0.15) is 0 Å². The molecular weight excluding hydrogens is 342 g/mol. The van der Waals surface area contributed by atoms with Gasteiger partial charge in [-0.3, -0.25) is 0 Å². The van der Waals surface area contributed by atoms with Gasteiger partial charge in [-0.15, -0.1) is 0 Å². The fourth-order valence-electron chi connectivity index (χ4n) is 2.20. The van der Waals surface area contributed by atoms with Crippen LogP contribution >= 0.6 is 0 Å². The molecule has 0 spiro atoms. The van der Waals surface area contributed by atoms with Gasteiger partial charge in [0.2, 0.25) is 5.75 Å². The first kappa shape index (κ1) is 24.2. The molecule has 1 N–H and O–H groups in total. The van der Waals surface area contributed by atoms with Crippen molar-refractivity contribution in [3.8, 4) is 28.7 Å². The van der Waals surface area contributed by atoms with E-state index in [0.717, 1.165) is 11.1 Å². The first-order valence-electron chi connectivity index (χ1n) is 6.98. The topological polar surface area (TPSA) is 57.2 Å². The molecule has 2 rings (SSSR count). The first-order chi connectivity index (χ1) is 11.1. The summed E-state index contributed by atoms with van der Waals surface area (Å²) in [6.07, 6.45) is 3.77. The normalized spacial score (nSPS) is 9.76. The minimum absolute atomic E-state index is 0. The minimum atomic E-state index is 0. The average Bonchev–Trinajstić information content (AvgIpc) is 2.58. The van der Waals surface area contributed by atoms with E-state index in [9.17, 15) is 5.11 Å². The zero-order valence-corrected chi connectivity index (χ0v) is 19.6. The molecule has 0 aliphatic heterocycles. The smallest absolute Gasteiger partial charge is 1.00 e. The van der Waals surface area contributed by atoms with Crippen LogP contribution in [-0.4, -0.2) is 33.5 Å². The fourth-order valence-corrected chi connectivity index (χ4v) is 2.20. The summed E-state index contributed by atoms with van der Waals surface area (Å²) >= 11 is 0. The van der Waals surface area contributed by atoms with Gasteiger partial charge in [0.15, 0.2) is 23.0 Å². The molecule has 7 heteroatoms. The largest absolute Gasteiger partial charge is 1.00 e. The van der Waals surface area contributed by atoms with Gasteiger partial charge in [0.1, 0.15) is 0 Å². The molecule has 0 amide bonds. The van der Waals surface area contributed by atoms with Crippen molar-refractivity contribution in [3.05, 3.63) is 41.5 Å². The van der Waals surface area contributed by atoms with Crippen molar-refractivity contribution in [3.63, 3.8) is 0 Å². The van der Waals surface area contributed by atoms with Gasteiger partial charge in [-0.05, 0) is 35.4 Å². The summed E-state index contributed by atoms with van der Waals surface area (Å²) in [5, 5.41) is 9.81. The SMILES string of the molecule is COc1ccc(/C=C\c2cc(OC)c(OC)c(OC)c2)cc1O.[H-].[H-].[Na+].[Na+]. The molecule has 0 atom stereocenters. The van der Waals surface area contributed by atoms with Crippen molar-refractivity contribution in [1.82, 2.24) is 0 Å². The monoisotopic (exact) mass is 364 g/mol. The van der Waals surface area contributed by atoms with Crippen LogP contribution in [0.5, 0.6) is 28.7 Å². The molecule has 0 saturated heterocycles. The van der Waals surface area contributed by atoms with Crippen LogP contribution in [0.15, 0.2) is 30.3 Å². The van der Waals surface area contributed by atoms with Crippen LogP contribution in [0.2, 0.25) is 0 Å². The van der Waals surface area contributed by atoms with E-state index in [4.69, 9.17) is 18.9 Å². The van der Waals surface area contributed by atoms with Gasteiger partial charge in [0, 0.05) is 0 Å². The number of hydrogen-bond acceptors (Lipinski definition) is 5. The van der Waals surface area contributed by atoms with Gasteiger partial charge in [-0.1, -0.05) is 18.2 Å². The zero-order valence-electron chi connectivity index (χ0n) is 17.6. The third-order valence-electron chi connectivity index (χ3n) is 3.36. The van der Waals surface area contributed by atoms with Gasteiger partial charge >= 0.3 is 59.1 Å². The molecule has 0 heterocycles. The molecule has 5 nitrogen and oxygen atoms in total. The van der Waals surface area contributed by atoms with Gasteiger partial charge in [0.05, 0.1) is 28.4 Å². The maximum atomic E-state index is 9.81. The Morgan fingerprint density at radius 1 is 0.720 bits per heavy atom. The van der Waals surface area contributed by atoms with Crippen LogP contribution in [0.1, 0.15) is 14.0 Å². The molecule has 25 heavy (non-hydrogen) atoms. The molecular formula is C18H22Na2O5. The van der Waals surface area contributed by atoms with Crippen LogP contribution in [0.3, 0.4) is 0 Å². The summed E-state index contributed by atoms with van der Waals surface area (Å²) in [4.78, 5) is 0. The number of ether oxygens (including phenoxy) is 4. The molecule has 2 aromatic carbocycles. The summed E-state index contributed by atoms with van der Waals surface area (Å²) in [5.41, 5.74) is 1.73. The second-order valence-corrected chi connectivity index (χ2v) is 4.72. The molecule has 0 aliphatic carbocycles. The Labute approximate surface area is 195 Å². The Balaban J connectivity index is -0.00000144. The van der Waals surface area contributed by atoms with Crippen LogP contribution in [0.4, 0.5) is 0 Å². The van der Waals surface area contributed by atoms with E-state index in [1.807, 2.05) is 30.4 Å². The molecule has 2 aromatic rings. The maximum Gasteiger partial charge on any atom is 1.00 e. The molecule has 0 aromatic heterocycles. The van der Waals surface area contributed by atoms with E-state index in [1.165, 1.54) is 7.11 Å². The second-order valence-electron chi connectivity index (χ2n) is 4.72. The average molecular weight is 364 g/mol. The molecule has 0 fully saturated rings. The number of hydrogen-bond donors (Lipinski definition) is 1. The van der Waals surface area contributed by atoms with Crippen LogP contribution < -0.4 is 78.1 Å². The molecule has 0 aliphatic rings. The molecule has 0 saturated carbocycles. The maximum absolute atomic E-state index is 9.81. The third kappa shape index (κ3) is 6.13. The van der Waals surface area contributed by atoms with E-state index in [1.54, 1.807) is 33.5 Å². The number of methoxy groups -OCH3 is 4. The number of benzene rings is 2. The van der Waals surface area contributed by atoms with E-state index in [0.29, 0.717) is 23.0 Å². The van der Waals surface area contributed by atoms with Gasteiger partial charge in [0.25, 0.3) is 0 Å². The number of aromatic hydroxyl groups is 1. The predicted octanol–water partition coefficient (Wildman–Crippen LogP) is -2.17. The predicted molar refractivity (Wildman–Crippen MR) is 91.9 cm³/mol. The van der Waals surface area contributed by atoms with Crippen molar-refractivity contribution in [2.75, 3.05) is 28.4 Å². The second kappa shape index (κ2) is 11.7. The number of phenolic OH excluding ortho intramolecular Hbond substituents is 1. The van der Waals surface area contributed by atoms with Crippen LogP contribution in [0.25, 0.3) is 12.2 Å². The van der Waals surface area contributed by atoms with Crippen LogP contribution in [-0.2, 0) is 0 Å². The number of rotatable bonds is 6. The Kier molecular flexibility index (Phi) is 11.3. The van der Waals surface area contributed by atoms with Crippen LogP contribution in [0, 0.1) is 0 Å². The Morgan fingerprint density at radius 2 is 1.24 bits per heavy atom. The summed E-state index contributed by atoms with van der Waals surface area (Å²) in [6.45, 7) is 0. The molecule has 0 bridgehead atoms. The summed E-state index contributed by atoms with van der Waals surface area (Å²) in [5.74, 6) is 2.26. The van der Waals surface area contributed by atoms with Crippen molar-refractivity contribution in [2.45, 2.75) is 0 Å². The minimum Gasteiger partial charge on any atom is -1.00 e. The third-order valence-corrected chi connectivity index (χ3v) is 3.36. The summed E-state index contributed by atoms with van der Waals surface area (Å²) < 4.78 is 21.0. The van der Waals surface area contributed by atoms with Crippen molar-refractivity contribution >= 4 is 12.2 Å². The van der Waals surface area contributed by atoms with E-state index >= 15 is 0 Å². The van der Waals surface area contributed by atoms with E-state index in [2.05, 4.69) is 0 Å². The molecule has 0 radical (unpaired) electrons. The Morgan fingerprint density at radius 3 is 1.68 bits per heavy atom. The summed E-state index contributed by atoms with van der Waals surface area (Å²) in [7, 11) is 6.23. The molecule has 126 valence electrons. The fraction of sp³-hybridized carbons (Fsp3) is 0.222. The molecule has 0 unspecified atom stereocenters. The van der Waals surface area contributed by atoms with Crippen molar-refractivity contribution < 1.29 is 86.0 Å². The van der Waals surface area contributed by atoms with E-state index in [-0.39, 0.29) is 67.7 Å². The Bertz CT molecular complexity index is 702. The zero-order chi connectivity index (χ0) is 16.8.